The second-order valence-corrected chi connectivity index (χ2v) is 15.2. The Labute approximate surface area is 254 Å². The van der Waals surface area contributed by atoms with Gasteiger partial charge >= 0.3 is 5.97 Å². The standard InChI is InChI=1S/C31H47NO10S/c1-29-13-11-21(33)17-20(29)9-10-22-23-12-14-31(38,30(23,2)18-24(34)28(22)29)25(35)19-42-27(37)8-5-3-4-7-26(36)32-15-6-16-43(39,40)41/h17,22-24,28,34,38H,3-16,18-19H2,1-2H3,(H,32,36)(H,39,40,41)/t22-,23-,24-,28+,29-,30-,31-/m0/s1. The van der Waals surface area contributed by atoms with Gasteiger partial charge in [-0.05, 0) is 87.0 Å². The summed E-state index contributed by atoms with van der Waals surface area (Å²) in [6, 6.07) is 0. The van der Waals surface area contributed by atoms with Crippen LogP contribution in [0.15, 0.2) is 11.6 Å². The lowest BCUT2D eigenvalue weighted by molar-refractivity contribution is -0.184. The van der Waals surface area contributed by atoms with Crippen LogP contribution in [0.4, 0.5) is 0 Å². The first-order valence-corrected chi connectivity index (χ1v) is 17.3. The third-order valence-corrected chi connectivity index (χ3v) is 11.9. The second kappa shape index (κ2) is 13.1. The van der Waals surface area contributed by atoms with Gasteiger partial charge < -0.3 is 20.3 Å². The Morgan fingerprint density at radius 2 is 1.77 bits per heavy atom. The summed E-state index contributed by atoms with van der Waals surface area (Å²) in [5, 5.41) is 25.9. The minimum absolute atomic E-state index is 0.0230. The Hall–Kier alpha value is -2.15. The van der Waals surface area contributed by atoms with Crippen molar-refractivity contribution in [1.29, 1.82) is 0 Å². The number of rotatable bonds is 13. The van der Waals surface area contributed by atoms with E-state index in [2.05, 4.69) is 12.2 Å². The summed E-state index contributed by atoms with van der Waals surface area (Å²) >= 11 is 0. The summed E-state index contributed by atoms with van der Waals surface area (Å²) < 4.78 is 35.3. The molecule has 7 atom stereocenters. The molecule has 3 fully saturated rings. The van der Waals surface area contributed by atoms with Gasteiger partial charge in [0.1, 0.15) is 5.60 Å². The van der Waals surface area contributed by atoms with E-state index in [0.29, 0.717) is 38.5 Å². The number of unbranched alkanes of at least 4 members (excludes halogenated alkanes) is 2. The predicted octanol–water partition coefficient (Wildman–Crippen LogP) is 2.68. The maximum atomic E-state index is 13.4. The summed E-state index contributed by atoms with van der Waals surface area (Å²) in [5.41, 5.74) is -1.67. The molecule has 4 aliphatic rings. The third-order valence-electron chi connectivity index (χ3n) is 11.1. The number of carbonyl (C=O) groups is 4. The number of hydrogen-bond acceptors (Lipinski definition) is 9. The fourth-order valence-electron chi connectivity index (χ4n) is 8.79. The summed E-state index contributed by atoms with van der Waals surface area (Å²) in [7, 11) is -4.05. The van der Waals surface area contributed by atoms with Crippen LogP contribution in [0, 0.1) is 28.6 Å². The van der Waals surface area contributed by atoms with Gasteiger partial charge in [0.25, 0.3) is 10.1 Å². The Bertz CT molecular complexity index is 1250. The van der Waals surface area contributed by atoms with Gasteiger partial charge in [-0.3, -0.25) is 23.7 Å². The Kier molecular flexibility index (Phi) is 10.3. The molecule has 1 amide bonds. The monoisotopic (exact) mass is 625 g/mol. The lowest BCUT2D eigenvalue weighted by atomic mass is 9.45. The van der Waals surface area contributed by atoms with Crippen molar-refractivity contribution < 1.29 is 47.1 Å². The molecule has 43 heavy (non-hydrogen) atoms. The molecule has 4 N–H and O–H groups in total. The fraction of sp³-hybridized carbons (Fsp3) is 0.806. The van der Waals surface area contributed by atoms with Gasteiger partial charge in [0.2, 0.25) is 11.7 Å². The Morgan fingerprint density at radius 3 is 2.49 bits per heavy atom. The lowest BCUT2D eigenvalue weighted by Crippen LogP contribution is -2.62. The number of ether oxygens (including phenoxy) is 1. The largest absolute Gasteiger partial charge is 0.458 e. The molecule has 0 radical (unpaired) electrons. The van der Waals surface area contributed by atoms with E-state index in [4.69, 9.17) is 9.29 Å². The zero-order chi connectivity index (χ0) is 31.6. The van der Waals surface area contributed by atoms with E-state index in [1.165, 1.54) is 0 Å². The first kappa shape index (κ1) is 33.7. The number of allylic oxidation sites excluding steroid dienone is 1. The summed E-state index contributed by atoms with van der Waals surface area (Å²) in [6.07, 6.45) is 7.01. The number of aliphatic hydroxyl groups excluding tert-OH is 1. The Morgan fingerprint density at radius 1 is 1.05 bits per heavy atom. The molecular formula is C31H47NO10S. The van der Waals surface area contributed by atoms with E-state index in [1.54, 1.807) is 6.08 Å². The molecule has 11 nitrogen and oxygen atoms in total. The first-order valence-electron chi connectivity index (χ1n) is 15.7. The molecule has 0 aliphatic heterocycles. The van der Waals surface area contributed by atoms with Gasteiger partial charge in [0.15, 0.2) is 12.4 Å². The van der Waals surface area contributed by atoms with Crippen molar-refractivity contribution in [2.75, 3.05) is 18.9 Å². The highest BCUT2D eigenvalue weighted by atomic mass is 32.2. The SMILES string of the molecule is C[C@]12CCC(=O)C=C1CC[C@@H]1[C@@H]2[C@@H](O)C[C@@]2(C)[C@H]1CC[C@]2(O)C(=O)COC(=O)CCCCCC(=O)NCCCS(=O)(=O)O. The van der Waals surface area contributed by atoms with Gasteiger partial charge in [-0.1, -0.05) is 25.8 Å². The average Bonchev–Trinajstić information content (AvgIpc) is 3.20. The third kappa shape index (κ3) is 7.07. The van der Waals surface area contributed by atoms with Crippen LogP contribution >= 0.6 is 0 Å². The van der Waals surface area contributed by atoms with Gasteiger partial charge in [-0.15, -0.1) is 0 Å². The van der Waals surface area contributed by atoms with Crippen molar-refractivity contribution in [2.24, 2.45) is 28.6 Å². The van der Waals surface area contributed by atoms with Crippen LogP contribution in [-0.4, -0.2) is 77.2 Å². The van der Waals surface area contributed by atoms with Gasteiger partial charge in [-0.25, -0.2) is 0 Å². The van der Waals surface area contributed by atoms with E-state index in [1.807, 2.05) is 6.92 Å². The summed E-state index contributed by atoms with van der Waals surface area (Å²) in [4.78, 5) is 49.6. The molecule has 4 rings (SSSR count). The van der Waals surface area contributed by atoms with Gasteiger partial charge in [-0.2, -0.15) is 8.42 Å². The van der Waals surface area contributed by atoms with E-state index >= 15 is 0 Å². The maximum Gasteiger partial charge on any atom is 0.306 e. The zero-order valence-electron chi connectivity index (χ0n) is 25.3. The molecule has 0 aromatic rings. The molecule has 0 unspecified atom stereocenters. The van der Waals surface area contributed by atoms with Crippen molar-refractivity contribution in [3.05, 3.63) is 11.6 Å². The van der Waals surface area contributed by atoms with Crippen LogP contribution in [0.25, 0.3) is 0 Å². The number of carbonyl (C=O) groups excluding carboxylic acids is 4. The van der Waals surface area contributed by atoms with Gasteiger partial charge in [0, 0.05) is 31.2 Å². The highest BCUT2D eigenvalue weighted by Gasteiger charge is 2.68. The smallest absolute Gasteiger partial charge is 0.306 e. The minimum Gasteiger partial charge on any atom is -0.458 e. The predicted molar refractivity (Wildman–Crippen MR) is 156 cm³/mol. The van der Waals surface area contributed by atoms with E-state index in [9.17, 15) is 37.8 Å². The molecule has 0 saturated heterocycles. The molecule has 0 spiro atoms. The van der Waals surface area contributed by atoms with Crippen LogP contribution in [0.1, 0.15) is 97.3 Å². The van der Waals surface area contributed by atoms with Crippen molar-refractivity contribution in [2.45, 2.75) is 109 Å². The topological polar surface area (TPSA) is 184 Å². The molecular weight excluding hydrogens is 578 g/mol. The molecule has 0 bridgehead atoms. The van der Waals surface area contributed by atoms with Crippen LogP contribution in [0.5, 0.6) is 0 Å². The van der Waals surface area contributed by atoms with Crippen LogP contribution in [0.3, 0.4) is 0 Å². The number of fused-ring (bicyclic) bond motifs is 5. The number of esters is 1. The fourth-order valence-corrected chi connectivity index (χ4v) is 9.30. The molecule has 0 aromatic heterocycles. The number of nitrogens with one attached hydrogen (secondary N) is 1. The molecule has 12 heteroatoms. The number of hydrogen-bond donors (Lipinski definition) is 4. The van der Waals surface area contributed by atoms with E-state index < -0.39 is 51.4 Å². The quantitative estimate of drug-likeness (QED) is 0.135. The maximum absolute atomic E-state index is 13.4. The molecule has 4 aliphatic carbocycles. The van der Waals surface area contributed by atoms with Crippen LogP contribution in [-0.2, 0) is 34.0 Å². The van der Waals surface area contributed by atoms with Crippen LogP contribution in [0.2, 0.25) is 0 Å². The minimum atomic E-state index is -4.05. The van der Waals surface area contributed by atoms with E-state index in [0.717, 1.165) is 18.4 Å². The van der Waals surface area contributed by atoms with Gasteiger partial charge in [0.05, 0.1) is 11.9 Å². The first-order chi connectivity index (χ1) is 20.1. The number of ketones is 2. The highest BCUT2D eigenvalue weighted by molar-refractivity contribution is 7.85. The molecule has 242 valence electrons. The van der Waals surface area contributed by atoms with Crippen molar-refractivity contribution in [1.82, 2.24) is 5.32 Å². The van der Waals surface area contributed by atoms with Crippen molar-refractivity contribution in [3.8, 4) is 0 Å². The number of aliphatic hydroxyl groups is 2. The second-order valence-electron chi connectivity index (χ2n) is 13.6. The average molecular weight is 626 g/mol. The normalized spacial score (nSPS) is 35.3. The van der Waals surface area contributed by atoms with Crippen molar-refractivity contribution in [3.63, 3.8) is 0 Å². The number of amides is 1. The zero-order valence-corrected chi connectivity index (χ0v) is 26.1. The number of Topliss-reactive ketones (excluding diaryl/α,β-unsaturated/α-hetero) is 1. The van der Waals surface area contributed by atoms with Crippen molar-refractivity contribution >= 4 is 33.6 Å². The molecule has 0 heterocycles. The lowest BCUT2D eigenvalue weighted by Gasteiger charge is -2.60. The molecule has 3 saturated carbocycles. The summed E-state index contributed by atoms with van der Waals surface area (Å²) in [5.74, 6) is -1.45. The van der Waals surface area contributed by atoms with Crippen LogP contribution < -0.4 is 5.32 Å². The summed E-state index contributed by atoms with van der Waals surface area (Å²) in [6.45, 7) is 3.67. The molecule has 0 aromatic carbocycles. The van der Waals surface area contributed by atoms with E-state index in [-0.39, 0.29) is 73.5 Å². The Balaban J connectivity index is 1.23. The highest BCUT2D eigenvalue weighted by Crippen LogP contribution is 2.67.